The molecular formula is C12H18O. The van der Waals surface area contributed by atoms with Gasteiger partial charge in [0.15, 0.2) is 0 Å². The summed E-state index contributed by atoms with van der Waals surface area (Å²) in [5.41, 5.74) is 1.39. The third-order valence-electron chi connectivity index (χ3n) is 3.43. The number of hydrogen-bond acceptors (Lipinski definition) is 1. The molecule has 0 aromatic carbocycles. The quantitative estimate of drug-likeness (QED) is 0.654. The maximum atomic E-state index is 9.50. The first-order chi connectivity index (χ1) is 6.31. The molecule has 0 aliphatic heterocycles. The van der Waals surface area contributed by atoms with Crippen LogP contribution in [0.1, 0.15) is 32.6 Å². The van der Waals surface area contributed by atoms with Crippen LogP contribution >= 0.6 is 0 Å². The average Bonchev–Trinajstić information content (AvgIpc) is 2.16. The third kappa shape index (κ3) is 1.71. The van der Waals surface area contributed by atoms with Gasteiger partial charge in [-0.25, -0.2) is 0 Å². The Balaban J connectivity index is 2.21. The minimum atomic E-state index is -0.188. The van der Waals surface area contributed by atoms with E-state index in [-0.39, 0.29) is 6.10 Å². The van der Waals surface area contributed by atoms with Crippen molar-refractivity contribution in [2.24, 2.45) is 11.8 Å². The van der Waals surface area contributed by atoms with Crippen LogP contribution < -0.4 is 0 Å². The summed E-state index contributed by atoms with van der Waals surface area (Å²) in [6.45, 7) is 2.27. The average molecular weight is 178 g/mol. The molecule has 0 saturated heterocycles. The zero-order chi connectivity index (χ0) is 9.26. The van der Waals surface area contributed by atoms with E-state index in [0.29, 0.717) is 0 Å². The highest BCUT2D eigenvalue weighted by molar-refractivity contribution is 5.29. The number of allylic oxidation sites excluding steroid dienone is 3. The second-order valence-corrected chi connectivity index (χ2v) is 4.22. The van der Waals surface area contributed by atoms with Crippen molar-refractivity contribution < 1.29 is 5.11 Å². The molecule has 0 amide bonds. The molecule has 0 heterocycles. The number of rotatable bonds is 1. The second kappa shape index (κ2) is 3.67. The van der Waals surface area contributed by atoms with Crippen LogP contribution in [0.15, 0.2) is 23.8 Å². The van der Waals surface area contributed by atoms with Gasteiger partial charge in [0.25, 0.3) is 0 Å². The van der Waals surface area contributed by atoms with E-state index in [4.69, 9.17) is 0 Å². The van der Waals surface area contributed by atoms with Gasteiger partial charge in [-0.15, -0.1) is 0 Å². The van der Waals surface area contributed by atoms with Crippen molar-refractivity contribution in [1.82, 2.24) is 0 Å². The molecule has 0 fully saturated rings. The predicted molar refractivity (Wildman–Crippen MR) is 54.4 cm³/mol. The fourth-order valence-corrected chi connectivity index (χ4v) is 2.63. The molecule has 0 spiro atoms. The summed E-state index contributed by atoms with van der Waals surface area (Å²) in [5, 5.41) is 9.50. The van der Waals surface area contributed by atoms with Gasteiger partial charge in [-0.05, 0) is 36.7 Å². The van der Waals surface area contributed by atoms with Crippen molar-refractivity contribution in [2.45, 2.75) is 38.7 Å². The Morgan fingerprint density at radius 3 is 3.08 bits per heavy atom. The van der Waals surface area contributed by atoms with E-state index in [1.54, 1.807) is 0 Å². The Labute approximate surface area is 80.2 Å². The van der Waals surface area contributed by atoms with Gasteiger partial charge >= 0.3 is 0 Å². The molecule has 3 atom stereocenters. The fraction of sp³-hybridized carbons (Fsp3) is 0.667. The standard InChI is InChI=1S/C12H18O/c1-2-9-4-3-5-10-8-11(13)6-7-12(9)10/h3,5,8-9,11-13H,2,4,6-7H2,1H3. The predicted octanol–water partition coefficient (Wildman–Crippen LogP) is 2.67. The number of aliphatic hydroxyl groups excluding tert-OH is 1. The summed E-state index contributed by atoms with van der Waals surface area (Å²) in [5.74, 6) is 1.56. The monoisotopic (exact) mass is 178 g/mol. The summed E-state index contributed by atoms with van der Waals surface area (Å²) < 4.78 is 0. The first-order valence-electron chi connectivity index (χ1n) is 5.37. The van der Waals surface area contributed by atoms with Gasteiger partial charge in [0.05, 0.1) is 6.10 Å². The van der Waals surface area contributed by atoms with Crippen molar-refractivity contribution in [1.29, 1.82) is 0 Å². The summed E-state index contributed by atoms with van der Waals surface area (Å²) in [6, 6.07) is 0. The molecule has 0 radical (unpaired) electrons. The molecule has 1 nitrogen and oxygen atoms in total. The first-order valence-corrected chi connectivity index (χ1v) is 5.37. The van der Waals surface area contributed by atoms with Crippen LogP contribution in [0.3, 0.4) is 0 Å². The van der Waals surface area contributed by atoms with Crippen molar-refractivity contribution in [3.05, 3.63) is 23.8 Å². The minimum Gasteiger partial charge on any atom is -0.389 e. The summed E-state index contributed by atoms with van der Waals surface area (Å²) >= 11 is 0. The molecule has 72 valence electrons. The van der Waals surface area contributed by atoms with Crippen LogP contribution in [0, 0.1) is 11.8 Å². The molecule has 2 aliphatic carbocycles. The van der Waals surface area contributed by atoms with Gasteiger partial charge in [0.1, 0.15) is 0 Å². The van der Waals surface area contributed by atoms with Crippen LogP contribution in [0.5, 0.6) is 0 Å². The van der Waals surface area contributed by atoms with Crippen LogP contribution in [0.25, 0.3) is 0 Å². The van der Waals surface area contributed by atoms with E-state index in [1.807, 2.05) is 6.08 Å². The van der Waals surface area contributed by atoms with Crippen molar-refractivity contribution in [3.8, 4) is 0 Å². The Hall–Kier alpha value is -0.560. The van der Waals surface area contributed by atoms with Gasteiger partial charge in [0, 0.05) is 0 Å². The molecule has 0 saturated carbocycles. The van der Waals surface area contributed by atoms with Gasteiger partial charge < -0.3 is 5.11 Å². The van der Waals surface area contributed by atoms with Crippen molar-refractivity contribution in [2.75, 3.05) is 0 Å². The van der Waals surface area contributed by atoms with E-state index >= 15 is 0 Å². The fourth-order valence-electron chi connectivity index (χ4n) is 2.63. The maximum Gasteiger partial charge on any atom is 0.0726 e. The summed E-state index contributed by atoms with van der Waals surface area (Å²) in [4.78, 5) is 0. The highest BCUT2D eigenvalue weighted by Crippen LogP contribution is 2.38. The molecule has 3 unspecified atom stereocenters. The first kappa shape index (κ1) is 9.01. The van der Waals surface area contributed by atoms with Crippen LogP contribution in [-0.4, -0.2) is 11.2 Å². The summed E-state index contributed by atoms with van der Waals surface area (Å²) in [6.07, 6.45) is 11.0. The molecule has 13 heavy (non-hydrogen) atoms. The minimum absolute atomic E-state index is 0.188. The van der Waals surface area contributed by atoms with Crippen molar-refractivity contribution in [3.63, 3.8) is 0 Å². The number of hydrogen-bond donors (Lipinski definition) is 1. The zero-order valence-electron chi connectivity index (χ0n) is 8.24. The lowest BCUT2D eigenvalue weighted by atomic mass is 9.72. The summed E-state index contributed by atoms with van der Waals surface area (Å²) in [7, 11) is 0. The Morgan fingerprint density at radius 2 is 2.31 bits per heavy atom. The Kier molecular flexibility index (Phi) is 2.54. The molecule has 0 bridgehead atoms. The topological polar surface area (TPSA) is 20.2 Å². The van der Waals surface area contributed by atoms with E-state index in [0.717, 1.165) is 18.3 Å². The highest BCUT2D eigenvalue weighted by atomic mass is 16.3. The van der Waals surface area contributed by atoms with Crippen LogP contribution in [0.2, 0.25) is 0 Å². The molecule has 1 heteroatoms. The van der Waals surface area contributed by atoms with E-state index in [9.17, 15) is 5.11 Å². The van der Waals surface area contributed by atoms with Crippen molar-refractivity contribution >= 4 is 0 Å². The van der Waals surface area contributed by atoms with E-state index in [1.165, 1.54) is 24.8 Å². The van der Waals surface area contributed by atoms with Gasteiger partial charge in [-0.1, -0.05) is 31.6 Å². The highest BCUT2D eigenvalue weighted by Gasteiger charge is 2.28. The molecular weight excluding hydrogens is 160 g/mol. The zero-order valence-corrected chi connectivity index (χ0v) is 8.24. The molecule has 1 N–H and O–H groups in total. The lowest BCUT2D eigenvalue weighted by Crippen LogP contribution is -2.25. The normalized spacial score (nSPS) is 38.3. The van der Waals surface area contributed by atoms with E-state index < -0.39 is 0 Å². The third-order valence-corrected chi connectivity index (χ3v) is 3.43. The van der Waals surface area contributed by atoms with Gasteiger partial charge in [0.2, 0.25) is 0 Å². The molecule has 0 aromatic heterocycles. The van der Waals surface area contributed by atoms with Gasteiger partial charge in [-0.2, -0.15) is 0 Å². The van der Waals surface area contributed by atoms with E-state index in [2.05, 4.69) is 19.1 Å². The Morgan fingerprint density at radius 1 is 1.46 bits per heavy atom. The van der Waals surface area contributed by atoms with Crippen LogP contribution in [-0.2, 0) is 0 Å². The SMILES string of the molecule is CCC1CC=CC2=CC(O)CCC21. The molecule has 2 rings (SSSR count). The molecule has 2 aliphatic rings. The second-order valence-electron chi connectivity index (χ2n) is 4.22. The molecule has 0 aromatic rings. The van der Waals surface area contributed by atoms with Gasteiger partial charge in [-0.3, -0.25) is 0 Å². The largest absolute Gasteiger partial charge is 0.389 e. The maximum absolute atomic E-state index is 9.50. The Bertz CT molecular complexity index is 240. The number of aliphatic hydroxyl groups is 1. The lowest BCUT2D eigenvalue weighted by Gasteiger charge is -2.33. The van der Waals surface area contributed by atoms with Crippen LogP contribution in [0.4, 0.5) is 0 Å². The smallest absolute Gasteiger partial charge is 0.0726 e. The number of fused-ring (bicyclic) bond motifs is 1. The lowest BCUT2D eigenvalue weighted by molar-refractivity contribution is 0.178.